The van der Waals surface area contributed by atoms with Gasteiger partial charge in [-0.2, -0.15) is 0 Å². The second-order valence-corrected chi connectivity index (χ2v) is 4.72. The maximum atomic E-state index is 12.4. The Morgan fingerprint density at radius 3 is 2.42 bits per heavy atom. The van der Waals surface area contributed by atoms with Gasteiger partial charge in [-0.15, -0.1) is 0 Å². The minimum atomic E-state index is -2.38. The largest absolute Gasteiger partial charge is 0.394 e. The van der Waals surface area contributed by atoms with Gasteiger partial charge in [0.2, 0.25) is 0 Å². The number of aliphatic hydroxyl groups excluding tert-OH is 1. The van der Waals surface area contributed by atoms with E-state index in [2.05, 4.69) is 5.32 Å². The third-order valence-corrected chi connectivity index (χ3v) is 3.10. The van der Waals surface area contributed by atoms with Crippen LogP contribution in [0, 0.1) is 0 Å². The van der Waals surface area contributed by atoms with Gasteiger partial charge in [-0.1, -0.05) is 37.3 Å². The molecule has 0 amide bonds. The Morgan fingerprint density at radius 2 is 1.95 bits per heavy atom. The molecule has 0 aromatic heterocycles. The fourth-order valence-electron chi connectivity index (χ4n) is 2.30. The van der Waals surface area contributed by atoms with Gasteiger partial charge in [0.25, 0.3) is 6.43 Å². The first-order chi connectivity index (χ1) is 9.04. The van der Waals surface area contributed by atoms with E-state index in [1.54, 1.807) is 7.05 Å². The van der Waals surface area contributed by atoms with Crippen molar-refractivity contribution in [3.63, 3.8) is 0 Å². The number of aliphatic hydroxyl groups is 1. The third-order valence-electron chi connectivity index (χ3n) is 3.10. The van der Waals surface area contributed by atoms with E-state index in [0.717, 1.165) is 5.56 Å². The summed E-state index contributed by atoms with van der Waals surface area (Å²) < 4.78 is 24.9. The Kier molecular flexibility index (Phi) is 6.34. The van der Waals surface area contributed by atoms with Crippen LogP contribution in [0.25, 0.3) is 0 Å². The minimum absolute atomic E-state index is 0.140. The van der Waals surface area contributed by atoms with Gasteiger partial charge >= 0.3 is 0 Å². The summed E-state index contributed by atoms with van der Waals surface area (Å²) in [7, 11) is 1.64. The molecule has 0 saturated heterocycles. The van der Waals surface area contributed by atoms with Gasteiger partial charge in [0.05, 0.1) is 18.7 Å². The van der Waals surface area contributed by atoms with E-state index in [0.29, 0.717) is 13.1 Å². The molecule has 0 aliphatic carbocycles. The molecule has 1 unspecified atom stereocenters. The zero-order valence-electron chi connectivity index (χ0n) is 11.4. The third kappa shape index (κ3) is 4.53. The Hall–Kier alpha value is -1.04. The van der Waals surface area contributed by atoms with E-state index in [4.69, 9.17) is 0 Å². The van der Waals surface area contributed by atoms with E-state index in [9.17, 15) is 13.9 Å². The lowest BCUT2D eigenvalue weighted by Gasteiger charge is -2.37. The van der Waals surface area contributed by atoms with Crippen LogP contribution in [-0.4, -0.2) is 49.7 Å². The molecule has 0 bridgehead atoms. The molecule has 1 atom stereocenters. The fraction of sp³-hybridized carbons (Fsp3) is 0.571. The molecule has 2 N–H and O–H groups in total. The van der Waals surface area contributed by atoms with Crippen molar-refractivity contribution < 1.29 is 13.9 Å². The van der Waals surface area contributed by atoms with Crippen LogP contribution in [0.4, 0.5) is 8.78 Å². The summed E-state index contributed by atoms with van der Waals surface area (Å²) in [6.07, 6.45) is -2.38. The molecule has 0 spiro atoms. The van der Waals surface area contributed by atoms with Crippen LogP contribution in [0.1, 0.15) is 12.5 Å². The first-order valence-electron chi connectivity index (χ1n) is 6.42. The quantitative estimate of drug-likeness (QED) is 0.756. The molecule has 5 heteroatoms. The van der Waals surface area contributed by atoms with Crippen LogP contribution in [0.3, 0.4) is 0 Å². The normalized spacial score (nSPS) is 14.9. The first kappa shape index (κ1) is 16.0. The summed E-state index contributed by atoms with van der Waals surface area (Å²) in [4.78, 5) is 1.54. The topological polar surface area (TPSA) is 35.5 Å². The molecule has 1 aromatic rings. The Balaban J connectivity index is 2.92. The van der Waals surface area contributed by atoms with Crippen molar-refractivity contribution in [1.29, 1.82) is 0 Å². The number of alkyl halides is 2. The van der Waals surface area contributed by atoms with Crippen LogP contribution in [-0.2, 0) is 5.54 Å². The minimum Gasteiger partial charge on any atom is -0.394 e. The summed E-state index contributed by atoms with van der Waals surface area (Å²) in [6, 6.07) is 9.44. The number of likely N-dealkylation sites (N-methyl/N-ethyl adjacent to an activating group) is 2. The number of nitrogens with one attached hydrogen (secondary N) is 1. The molecule has 1 aromatic carbocycles. The molecule has 3 nitrogen and oxygen atoms in total. The molecule has 0 fully saturated rings. The van der Waals surface area contributed by atoms with Gasteiger partial charge in [-0.25, -0.2) is 8.78 Å². The van der Waals surface area contributed by atoms with Crippen molar-refractivity contribution in [3.8, 4) is 0 Å². The second-order valence-electron chi connectivity index (χ2n) is 4.72. The summed E-state index contributed by atoms with van der Waals surface area (Å²) in [5.41, 5.74) is 0.195. The highest BCUT2D eigenvalue weighted by atomic mass is 19.3. The second kappa shape index (κ2) is 7.53. The number of halogens is 2. The SMILES string of the molecule is CCNC(CO)(CN(C)CC(F)F)c1ccccc1. The molecule has 0 aliphatic heterocycles. The molecular formula is C14H22F2N2O. The summed E-state index contributed by atoms with van der Waals surface area (Å²) in [6.45, 7) is 2.46. The monoisotopic (exact) mass is 272 g/mol. The van der Waals surface area contributed by atoms with E-state index in [1.165, 1.54) is 4.90 Å². The maximum absolute atomic E-state index is 12.4. The molecule has 19 heavy (non-hydrogen) atoms. The predicted molar refractivity (Wildman–Crippen MR) is 72.4 cm³/mol. The number of benzene rings is 1. The summed E-state index contributed by atoms with van der Waals surface area (Å²) in [5, 5.41) is 13.0. The van der Waals surface area contributed by atoms with E-state index in [1.807, 2.05) is 37.3 Å². The van der Waals surface area contributed by atoms with Crippen LogP contribution in [0.15, 0.2) is 30.3 Å². The molecular weight excluding hydrogens is 250 g/mol. The highest BCUT2D eigenvalue weighted by Crippen LogP contribution is 2.22. The number of hydrogen-bond acceptors (Lipinski definition) is 3. The van der Waals surface area contributed by atoms with E-state index in [-0.39, 0.29) is 13.2 Å². The van der Waals surface area contributed by atoms with E-state index >= 15 is 0 Å². The highest BCUT2D eigenvalue weighted by molar-refractivity contribution is 5.25. The molecule has 0 saturated carbocycles. The maximum Gasteiger partial charge on any atom is 0.251 e. The molecule has 1 rings (SSSR count). The van der Waals surface area contributed by atoms with Crippen molar-refractivity contribution in [1.82, 2.24) is 10.2 Å². The summed E-state index contributed by atoms with van der Waals surface area (Å²) in [5.74, 6) is 0. The van der Waals surface area contributed by atoms with Crippen molar-refractivity contribution in [3.05, 3.63) is 35.9 Å². The Labute approximate surface area is 113 Å². The average Bonchev–Trinajstić information content (AvgIpc) is 2.38. The van der Waals surface area contributed by atoms with Gasteiger partial charge in [0, 0.05) is 6.54 Å². The van der Waals surface area contributed by atoms with E-state index < -0.39 is 12.0 Å². The first-order valence-corrected chi connectivity index (χ1v) is 6.42. The van der Waals surface area contributed by atoms with Crippen LogP contribution in [0.5, 0.6) is 0 Å². The molecule has 0 heterocycles. The zero-order chi connectivity index (χ0) is 14.3. The standard InChI is InChI=1S/C14H22F2N2O/c1-3-17-14(11-19,10-18(2)9-13(15)16)12-7-5-4-6-8-12/h4-8,13,17,19H,3,9-11H2,1-2H3. The van der Waals surface area contributed by atoms with Crippen LogP contribution >= 0.6 is 0 Å². The Bertz CT molecular complexity index is 362. The molecule has 108 valence electrons. The van der Waals surface area contributed by atoms with Gasteiger partial charge < -0.3 is 10.4 Å². The van der Waals surface area contributed by atoms with Crippen molar-refractivity contribution in [2.45, 2.75) is 18.9 Å². The molecule has 0 aliphatic rings. The summed E-state index contributed by atoms with van der Waals surface area (Å²) >= 11 is 0. The van der Waals surface area contributed by atoms with Crippen LogP contribution in [0.2, 0.25) is 0 Å². The lowest BCUT2D eigenvalue weighted by molar-refractivity contribution is 0.0662. The van der Waals surface area contributed by atoms with Gasteiger partial charge in [-0.3, -0.25) is 4.90 Å². The number of rotatable bonds is 8. The molecule has 0 radical (unpaired) electrons. The lowest BCUT2D eigenvalue weighted by Crippen LogP contribution is -2.53. The van der Waals surface area contributed by atoms with Crippen molar-refractivity contribution >= 4 is 0 Å². The lowest BCUT2D eigenvalue weighted by atomic mass is 9.90. The smallest absolute Gasteiger partial charge is 0.251 e. The van der Waals surface area contributed by atoms with Gasteiger partial charge in [0.1, 0.15) is 0 Å². The van der Waals surface area contributed by atoms with Gasteiger partial charge in [-0.05, 0) is 19.2 Å². The van der Waals surface area contributed by atoms with Crippen LogP contribution < -0.4 is 5.32 Å². The number of hydrogen-bond donors (Lipinski definition) is 2. The van der Waals surface area contributed by atoms with Gasteiger partial charge in [0.15, 0.2) is 0 Å². The Morgan fingerprint density at radius 1 is 1.32 bits per heavy atom. The van der Waals surface area contributed by atoms with Crippen molar-refractivity contribution in [2.75, 3.05) is 33.3 Å². The average molecular weight is 272 g/mol. The highest BCUT2D eigenvalue weighted by Gasteiger charge is 2.32. The fourth-order valence-corrected chi connectivity index (χ4v) is 2.30. The zero-order valence-corrected chi connectivity index (χ0v) is 11.4. The van der Waals surface area contributed by atoms with Crippen molar-refractivity contribution in [2.24, 2.45) is 0 Å². The predicted octanol–water partition coefficient (Wildman–Crippen LogP) is 1.68. The number of nitrogens with zero attached hydrogens (tertiary/aromatic N) is 1.